The summed E-state index contributed by atoms with van der Waals surface area (Å²) < 4.78 is 5.74. The molecule has 0 saturated heterocycles. The van der Waals surface area contributed by atoms with Crippen LogP contribution in [0.4, 0.5) is 5.69 Å². The summed E-state index contributed by atoms with van der Waals surface area (Å²) in [6.07, 6.45) is 0. The van der Waals surface area contributed by atoms with Gasteiger partial charge in [-0.1, -0.05) is 25.4 Å². The first kappa shape index (κ1) is 13.2. The molecular formula is C13H16ClN5O. The van der Waals surface area contributed by atoms with Gasteiger partial charge in [-0.3, -0.25) is 0 Å². The van der Waals surface area contributed by atoms with Gasteiger partial charge in [-0.05, 0) is 17.2 Å². The highest BCUT2D eigenvalue weighted by Gasteiger charge is 2.25. The predicted molar refractivity (Wildman–Crippen MR) is 77.2 cm³/mol. The standard InChI is InChI=1S/C13H16ClN5O/c1-8(2)7-19-3-4-20-11-6-9(14)5-10(12(11)19)13-15-17-18-16-13/h5-6,8H,3-4,7H2,1-2H3,(H,15,16,17,18). The second-order valence-electron chi connectivity index (χ2n) is 5.22. The SMILES string of the molecule is CC(C)CN1CCOc2cc(Cl)cc(-c3nn[nH]n3)c21. The quantitative estimate of drug-likeness (QED) is 0.941. The molecule has 2 aromatic rings. The lowest BCUT2D eigenvalue weighted by Gasteiger charge is -2.33. The first-order chi connectivity index (χ1) is 9.65. The van der Waals surface area contributed by atoms with Crippen molar-refractivity contribution in [1.82, 2.24) is 20.6 Å². The van der Waals surface area contributed by atoms with Crippen molar-refractivity contribution in [2.75, 3.05) is 24.6 Å². The van der Waals surface area contributed by atoms with Gasteiger partial charge < -0.3 is 9.64 Å². The molecule has 1 aliphatic heterocycles. The van der Waals surface area contributed by atoms with Gasteiger partial charge in [-0.2, -0.15) is 5.21 Å². The van der Waals surface area contributed by atoms with Gasteiger partial charge in [-0.15, -0.1) is 10.2 Å². The number of aromatic nitrogens is 4. The Balaban J connectivity index is 2.12. The lowest BCUT2D eigenvalue weighted by Crippen LogP contribution is -2.35. The summed E-state index contributed by atoms with van der Waals surface area (Å²) in [5, 5.41) is 14.8. The molecule has 0 amide bonds. The molecule has 0 spiro atoms. The largest absolute Gasteiger partial charge is 0.489 e. The van der Waals surface area contributed by atoms with Crippen LogP contribution in [0.3, 0.4) is 0 Å². The van der Waals surface area contributed by atoms with Gasteiger partial charge in [0.25, 0.3) is 0 Å². The molecule has 0 saturated carbocycles. The Bertz CT molecular complexity index is 599. The average Bonchev–Trinajstić information content (AvgIpc) is 2.90. The van der Waals surface area contributed by atoms with Gasteiger partial charge in [0.05, 0.1) is 17.8 Å². The number of rotatable bonds is 3. The van der Waals surface area contributed by atoms with E-state index in [4.69, 9.17) is 16.3 Å². The Labute approximate surface area is 122 Å². The Kier molecular flexibility index (Phi) is 3.48. The molecule has 0 radical (unpaired) electrons. The van der Waals surface area contributed by atoms with Gasteiger partial charge in [0.15, 0.2) is 0 Å². The number of fused-ring (bicyclic) bond motifs is 1. The van der Waals surface area contributed by atoms with E-state index in [1.54, 1.807) is 0 Å². The fourth-order valence-electron chi connectivity index (χ4n) is 2.46. The number of benzene rings is 1. The zero-order valence-electron chi connectivity index (χ0n) is 11.4. The molecule has 0 aliphatic carbocycles. The van der Waals surface area contributed by atoms with Crippen LogP contribution < -0.4 is 9.64 Å². The molecule has 1 aliphatic rings. The Morgan fingerprint density at radius 3 is 3.00 bits per heavy atom. The monoisotopic (exact) mass is 293 g/mol. The maximum absolute atomic E-state index is 6.17. The lowest BCUT2D eigenvalue weighted by molar-refractivity contribution is 0.305. The number of H-pyrrole nitrogens is 1. The summed E-state index contributed by atoms with van der Waals surface area (Å²) in [5.41, 5.74) is 1.84. The molecule has 1 aromatic heterocycles. The van der Waals surface area contributed by atoms with Gasteiger partial charge in [0, 0.05) is 17.6 Å². The molecular weight excluding hydrogens is 278 g/mol. The van der Waals surface area contributed by atoms with Gasteiger partial charge in [-0.25, -0.2) is 0 Å². The number of hydrogen-bond acceptors (Lipinski definition) is 5. The average molecular weight is 294 g/mol. The number of hydrogen-bond donors (Lipinski definition) is 1. The predicted octanol–water partition coefficient (Wildman–Crippen LogP) is 2.37. The van der Waals surface area contributed by atoms with Gasteiger partial charge >= 0.3 is 0 Å². The molecule has 0 atom stereocenters. The van der Waals surface area contributed by atoms with E-state index < -0.39 is 0 Å². The van der Waals surface area contributed by atoms with Crippen molar-refractivity contribution in [2.24, 2.45) is 5.92 Å². The number of ether oxygens (including phenoxy) is 1. The van der Waals surface area contributed by atoms with Crippen molar-refractivity contribution in [3.63, 3.8) is 0 Å². The molecule has 1 aromatic carbocycles. The van der Waals surface area contributed by atoms with Crippen LogP contribution in [0, 0.1) is 5.92 Å². The normalized spacial score (nSPS) is 14.3. The molecule has 2 heterocycles. The van der Waals surface area contributed by atoms with E-state index in [9.17, 15) is 0 Å². The van der Waals surface area contributed by atoms with Crippen molar-refractivity contribution in [3.05, 3.63) is 17.2 Å². The summed E-state index contributed by atoms with van der Waals surface area (Å²) in [5.74, 6) is 1.86. The third-order valence-electron chi connectivity index (χ3n) is 3.15. The summed E-state index contributed by atoms with van der Waals surface area (Å²) in [7, 11) is 0. The number of nitrogens with one attached hydrogen (secondary N) is 1. The van der Waals surface area contributed by atoms with Gasteiger partial charge in [0.1, 0.15) is 12.4 Å². The zero-order chi connectivity index (χ0) is 14.1. The number of halogens is 1. The highest BCUT2D eigenvalue weighted by atomic mass is 35.5. The maximum Gasteiger partial charge on any atom is 0.206 e. The molecule has 0 bridgehead atoms. The van der Waals surface area contributed by atoms with E-state index in [1.165, 1.54) is 0 Å². The minimum absolute atomic E-state index is 0.531. The Hall–Kier alpha value is -1.82. The van der Waals surface area contributed by atoms with Crippen LogP contribution in [0.2, 0.25) is 5.02 Å². The van der Waals surface area contributed by atoms with Crippen LogP contribution in [0.1, 0.15) is 13.8 Å². The lowest BCUT2D eigenvalue weighted by atomic mass is 10.1. The highest BCUT2D eigenvalue weighted by molar-refractivity contribution is 6.31. The molecule has 6 nitrogen and oxygen atoms in total. The second kappa shape index (κ2) is 5.28. The molecule has 0 fully saturated rings. The summed E-state index contributed by atoms with van der Waals surface area (Å²) in [6, 6.07) is 3.69. The van der Waals surface area contributed by atoms with Crippen molar-refractivity contribution in [3.8, 4) is 17.1 Å². The molecule has 106 valence electrons. The van der Waals surface area contributed by atoms with Gasteiger partial charge in [0.2, 0.25) is 5.82 Å². The Morgan fingerprint density at radius 1 is 1.45 bits per heavy atom. The summed E-state index contributed by atoms with van der Waals surface area (Å²) in [4.78, 5) is 2.30. The molecule has 3 rings (SSSR count). The molecule has 0 unspecified atom stereocenters. The number of anilines is 1. The summed E-state index contributed by atoms with van der Waals surface area (Å²) >= 11 is 6.17. The maximum atomic E-state index is 6.17. The fraction of sp³-hybridized carbons (Fsp3) is 0.462. The van der Waals surface area contributed by atoms with Crippen molar-refractivity contribution in [1.29, 1.82) is 0 Å². The third kappa shape index (κ3) is 2.43. The molecule has 7 heteroatoms. The van der Waals surface area contributed by atoms with Crippen molar-refractivity contribution >= 4 is 17.3 Å². The van der Waals surface area contributed by atoms with Crippen molar-refractivity contribution < 1.29 is 4.74 Å². The summed E-state index contributed by atoms with van der Waals surface area (Å²) in [6.45, 7) is 6.84. The number of aromatic amines is 1. The zero-order valence-corrected chi connectivity index (χ0v) is 12.2. The van der Waals surface area contributed by atoms with Crippen molar-refractivity contribution in [2.45, 2.75) is 13.8 Å². The molecule has 20 heavy (non-hydrogen) atoms. The van der Waals surface area contributed by atoms with E-state index in [0.717, 1.165) is 30.1 Å². The fourth-order valence-corrected chi connectivity index (χ4v) is 2.67. The number of tetrazole rings is 1. The van der Waals surface area contributed by atoms with Crippen LogP contribution in [-0.4, -0.2) is 40.3 Å². The third-order valence-corrected chi connectivity index (χ3v) is 3.36. The van der Waals surface area contributed by atoms with Crippen LogP contribution in [0.5, 0.6) is 5.75 Å². The van der Waals surface area contributed by atoms with Crippen LogP contribution in [0.25, 0.3) is 11.4 Å². The topological polar surface area (TPSA) is 66.9 Å². The van der Waals surface area contributed by atoms with E-state index in [1.807, 2.05) is 12.1 Å². The smallest absolute Gasteiger partial charge is 0.206 e. The van der Waals surface area contributed by atoms with E-state index in [-0.39, 0.29) is 0 Å². The van der Waals surface area contributed by atoms with E-state index in [0.29, 0.717) is 23.4 Å². The molecule has 1 N–H and O–H groups in total. The van der Waals surface area contributed by atoms with E-state index in [2.05, 4.69) is 39.4 Å². The minimum Gasteiger partial charge on any atom is -0.489 e. The minimum atomic E-state index is 0.531. The second-order valence-corrected chi connectivity index (χ2v) is 5.66. The Morgan fingerprint density at radius 2 is 2.30 bits per heavy atom. The van der Waals surface area contributed by atoms with Crippen LogP contribution in [-0.2, 0) is 0 Å². The number of nitrogens with zero attached hydrogens (tertiary/aromatic N) is 4. The van der Waals surface area contributed by atoms with E-state index >= 15 is 0 Å². The first-order valence-electron chi connectivity index (χ1n) is 6.60. The van der Waals surface area contributed by atoms with Crippen LogP contribution >= 0.6 is 11.6 Å². The first-order valence-corrected chi connectivity index (χ1v) is 6.98. The highest BCUT2D eigenvalue weighted by Crippen LogP contribution is 2.42. The van der Waals surface area contributed by atoms with Crippen LogP contribution in [0.15, 0.2) is 12.1 Å².